The highest BCUT2D eigenvalue weighted by Crippen LogP contribution is 2.26. The highest BCUT2D eigenvalue weighted by atomic mass is 16.5. The zero-order chi connectivity index (χ0) is 12.0. The van der Waals surface area contributed by atoms with Gasteiger partial charge in [-0.2, -0.15) is 0 Å². The minimum Gasteiger partial charge on any atom is -0.504 e. The third-order valence-electron chi connectivity index (χ3n) is 2.62. The molecule has 1 rings (SSSR count). The Bertz CT molecular complexity index is 326. The largest absolute Gasteiger partial charge is 0.504 e. The van der Waals surface area contributed by atoms with Crippen LogP contribution in [0.25, 0.3) is 0 Å². The minimum absolute atomic E-state index is 0.188. The van der Waals surface area contributed by atoms with Gasteiger partial charge in [0.2, 0.25) is 0 Å². The first-order valence-electron chi connectivity index (χ1n) is 5.76. The van der Waals surface area contributed by atoms with Crippen LogP contribution in [-0.4, -0.2) is 18.3 Å². The van der Waals surface area contributed by atoms with Crippen molar-refractivity contribution in [1.29, 1.82) is 0 Å². The summed E-state index contributed by atoms with van der Waals surface area (Å²) < 4.78 is 5.06. The molecule has 0 radical (unpaired) electrons. The van der Waals surface area contributed by atoms with Crippen LogP contribution in [0.4, 0.5) is 0 Å². The van der Waals surface area contributed by atoms with Gasteiger partial charge in [-0.15, -0.1) is 0 Å². The van der Waals surface area contributed by atoms with Gasteiger partial charge in [-0.1, -0.05) is 19.4 Å². The molecule has 2 N–H and O–H groups in total. The molecule has 16 heavy (non-hydrogen) atoms. The fraction of sp³-hybridized carbons (Fsp3) is 0.538. The van der Waals surface area contributed by atoms with E-state index in [1.165, 1.54) is 12.8 Å². The van der Waals surface area contributed by atoms with Crippen LogP contribution in [0.2, 0.25) is 0 Å². The number of ether oxygens (including phenoxy) is 1. The molecule has 0 spiro atoms. The van der Waals surface area contributed by atoms with Crippen molar-refractivity contribution in [2.75, 3.05) is 7.11 Å². The Labute approximate surface area is 97.4 Å². The maximum atomic E-state index is 9.45. The molecule has 0 bridgehead atoms. The molecule has 3 nitrogen and oxygen atoms in total. The molecule has 0 aliphatic rings. The lowest BCUT2D eigenvalue weighted by Gasteiger charge is -2.13. The van der Waals surface area contributed by atoms with Crippen LogP contribution < -0.4 is 10.1 Å². The molecular weight excluding hydrogens is 202 g/mol. The Morgan fingerprint density at radius 2 is 2.19 bits per heavy atom. The quantitative estimate of drug-likeness (QED) is 0.779. The fourth-order valence-electron chi connectivity index (χ4n) is 1.66. The second-order valence-electron chi connectivity index (χ2n) is 4.08. The van der Waals surface area contributed by atoms with Gasteiger partial charge in [0.25, 0.3) is 0 Å². The molecule has 1 aromatic rings. The first-order valence-corrected chi connectivity index (χ1v) is 5.76. The molecule has 1 atom stereocenters. The summed E-state index contributed by atoms with van der Waals surface area (Å²) in [5, 5.41) is 12.9. The van der Waals surface area contributed by atoms with Crippen molar-refractivity contribution in [1.82, 2.24) is 5.32 Å². The van der Waals surface area contributed by atoms with E-state index in [2.05, 4.69) is 19.2 Å². The minimum atomic E-state index is 0.188. The van der Waals surface area contributed by atoms with Crippen LogP contribution in [0.1, 0.15) is 32.3 Å². The van der Waals surface area contributed by atoms with Gasteiger partial charge in [0.1, 0.15) is 0 Å². The molecule has 0 aliphatic heterocycles. The molecule has 0 aromatic heterocycles. The van der Waals surface area contributed by atoms with E-state index in [1.807, 2.05) is 12.1 Å². The Morgan fingerprint density at radius 1 is 1.44 bits per heavy atom. The lowest BCUT2D eigenvalue weighted by molar-refractivity contribution is 0.372. The van der Waals surface area contributed by atoms with Gasteiger partial charge < -0.3 is 15.2 Å². The van der Waals surface area contributed by atoms with Crippen LogP contribution in [0.5, 0.6) is 11.5 Å². The first kappa shape index (κ1) is 12.8. The van der Waals surface area contributed by atoms with E-state index >= 15 is 0 Å². The number of hydrogen-bond donors (Lipinski definition) is 2. The van der Waals surface area contributed by atoms with Gasteiger partial charge in [0, 0.05) is 12.6 Å². The van der Waals surface area contributed by atoms with Crippen LogP contribution >= 0.6 is 0 Å². The number of nitrogens with one attached hydrogen (secondary N) is 1. The van der Waals surface area contributed by atoms with Crippen molar-refractivity contribution in [3.05, 3.63) is 23.8 Å². The topological polar surface area (TPSA) is 41.5 Å². The van der Waals surface area contributed by atoms with Crippen molar-refractivity contribution in [3.63, 3.8) is 0 Å². The summed E-state index contributed by atoms with van der Waals surface area (Å²) in [4.78, 5) is 0. The molecule has 1 unspecified atom stereocenters. The van der Waals surface area contributed by atoms with E-state index in [0.717, 1.165) is 12.1 Å². The number of hydrogen-bond acceptors (Lipinski definition) is 3. The van der Waals surface area contributed by atoms with Gasteiger partial charge in [-0.3, -0.25) is 0 Å². The summed E-state index contributed by atoms with van der Waals surface area (Å²) in [5.74, 6) is 0.718. The van der Waals surface area contributed by atoms with E-state index in [1.54, 1.807) is 13.2 Å². The molecule has 3 heteroatoms. The number of aromatic hydroxyl groups is 1. The zero-order valence-corrected chi connectivity index (χ0v) is 10.3. The predicted molar refractivity (Wildman–Crippen MR) is 65.9 cm³/mol. The predicted octanol–water partition coefficient (Wildman–Crippen LogP) is 2.68. The second kappa shape index (κ2) is 6.38. The monoisotopic (exact) mass is 223 g/mol. The standard InChI is InChI=1S/C13H21NO2/c1-4-5-10(2)14-9-11-6-7-12(15)13(8-11)16-3/h6-8,10,14-15H,4-5,9H2,1-3H3. The first-order chi connectivity index (χ1) is 7.67. The Balaban J connectivity index is 2.54. The summed E-state index contributed by atoms with van der Waals surface area (Å²) in [6, 6.07) is 5.95. The Kier molecular flexibility index (Phi) is 5.12. The summed E-state index contributed by atoms with van der Waals surface area (Å²) in [6.07, 6.45) is 2.36. The van der Waals surface area contributed by atoms with Gasteiger partial charge in [-0.05, 0) is 31.0 Å². The van der Waals surface area contributed by atoms with Crippen LogP contribution in [0.15, 0.2) is 18.2 Å². The lowest BCUT2D eigenvalue weighted by atomic mass is 10.1. The van der Waals surface area contributed by atoms with E-state index < -0.39 is 0 Å². The normalized spacial score (nSPS) is 12.4. The van der Waals surface area contributed by atoms with Crippen molar-refractivity contribution < 1.29 is 9.84 Å². The van der Waals surface area contributed by atoms with Gasteiger partial charge in [0.05, 0.1) is 7.11 Å². The van der Waals surface area contributed by atoms with Crippen molar-refractivity contribution in [2.24, 2.45) is 0 Å². The zero-order valence-electron chi connectivity index (χ0n) is 10.3. The second-order valence-corrected chi connectivity index (χ2v) is 4.08. The van der Waals surface area contributed by atoms with E-state index in [-0.39, 0.29) is 5.75 Å². The molecule has 0 saturated heterocycles. The van der Waals surface area contributed by atoms with Crippen molar-refractivity contribution in [2.45, 2.75) is 39.3 Å². The van der Waals surface area contributed by atoms with Crippen LogP contribution in [0.3, 0.4) is 0 Å². The van der Waals surface area contributed by atoms with Gasteiger partial charge in [-0.25, -0.2) is 0 Å². The number of phenols is 1. The molecule has 0 fully saturated rings. The van der Waals surface area contributed by atoms with Crippen molar-refractivity contribution >= 4 is 0 Å². The maximum Gasteiger partial charge on any atom is 0.160 e. The summed E-state index contributed by atoms with van der Waals surface area (Å²) >= 11 is 0. The Morgan fingerprint density at radius 3 is 2.81 bits per heavy atom. The fourth-order valence-corrected chi connectivity index (χ4v) is 1.66. The van der Waals surface area contributed by atoms with E-state index in [9.17, 15) is 5.11 Å². The smallest absolute Gasteiger partial charge is 0.160 e. The third kappa shape index (κ3) is 3.74. The van der Waals surface area contributed by atoms with E-state index in [4.69, 9.17) is 4.74 Å². The average molecular weight is 223 g/mol. The molecule has 0 amide bonds. The number of phenolic OH excluding ortho intramolecular Hbond substituents is 1. The van der Waals surface area contributed by atoms with E-state index in [0.29, 0.717) is 11.8 Å². The summed E-state index contributed by atoms with van der Waals surface area (Å²) in [6.45, 7) is 5.17. The third-order valence-corrected chi connectivity index (χ3v) is 2.62. The van der Waals surface area contributed by atoms with Gasteiger partial charge in [0.15, 0.2) is 11.5 Å². The summed E-state index contributed by atoms with van der Waals surface area (Å²) in [5.41, 5.74) is 1.12. The molecule has 90 valence electrons. The molecule has 0 saturated carbocycles. The van der Waals surface area contributed by atoms with Gasteiger partial charge >= 0.3 is 0 Å². The maximum absolute atomic E-state index is 9.45. The molecule has 0 aliphatic carbocycles. The average Bonchev–Trinajstić information content (AvgIpc) is 2.28. The number of rotatable bonds is 6. The molecule has 1 aromatic carbocycles. The van der Waals surface area contributed by atoms with Crippen molar-refractivity contribution in [3.8, 4) is 11.5 Å². The number of methoxy groups -OCH3 is 1. The number of benzene rings is 1. The summed E-state index contributed by atoms with van der Waals surface area (Å²) in [7, 11) is 1.56. The van der Waals surface area contributed by atoms with Crippen LogP contribution in [-0.2, 0) is 6.54 Å². The molecule has 0 heterocycles. The SMILES string of the molecule is CCCC(C)NCc1ccc(O)c(OC)c1. The Hall–Kier alpha value is -1.22. The lowest BCUT2D eigenvalue weighted by Crippen LogP contribution is -2.25. The van der Waals surface area contributed by atoms with Crippen LogP contribution in [0, 0.1) is 0 Å². The highest BCUT2D eigenvalue weighted by molar-refractivity contribution is 5.41. The molecular formula is C13H21NO2. The highest BCUT2D eigenvalue weighted by Gasteiger charge is 2.04.